The van der Waals surface area contributed by atoms with Crippen molar-refractivity contribution in [3.8, 4) is 11.6 Å². The van der Waals surface area contributed by atoms with Crippen LogP contribution in [0.2, 0.25) is 0 Å². The number of rotatable bonds is 10. The van der Waals surface area contributed by atoms with Gasteiger partial charge in [0, 0.05) is 30.2 Å². The predicted molar refractivity (Wildman–Crippen MR) is 153 cm³/mol. The van der Waals surface area contributed by atoms with Crippen LogP contribution in [0.5, 0.6) is 11.6 Å². The van der Waals surface area contributed by atoms with E-state index in [4.69, 9.17) is 19.2 Å². The number of carbonyl (C=O) groups is 1. The number of ether oxygens (including phenoxy) is 3. The van der Waals surface area contributed by atoms with Crippen molar-refractivity contribution in [3.63, 3.8) is 0 Å². The Morgan fingerprint density at radius 3 is 2.66 bits per heavy atom. The summed E-state index contributed by atoms with van der Waals surface area (Å²) in [5.41, 5.74) is 2.52. The summed E-state index contributed by atoms with van der Waals surface area (Å²) >= 11 is 3.25. The van der Waals surface area contributed by atoms with Gasteiger partial charge in [0.2, 0.25) is 5.88 Å². The van der Waals surface area contributed by atoms with E-state index in [9.17, 15) is 14.3 Å². The van der Waals surface area contributed by atoms with Crippen molar-refractivity contribution in [1.82, 2.24) is 19.4 Å². The Labute approximate surface area is 245 Å². The van der Waals surface area contributed by atoms with Gasteiger partial charge in [0.05, 0.1) is 41.5 Å². The average Bonchev–Trinajstić information content (AvgIpc) is 3.27. The highest BCUT2D eigenvalue weighted by atomic mass is 79.9. The first kappa shape index (κ1) is 27.6. The molecule has 2 saturated heterocycles. The van der Waals surface area contributed by atoms with Crippen LogP contribution in [0.4, 0.5) is 4.39 Å². The maximum absolute atomic E-state index is 14.1. The van der Waals surface area contributed by atoms with Crippen molar-refractivity contribution in [2.75, 3.05) is 19.7 Å². The Kier molecular flexibility index (Phi) is 8.18. The summed E-state index contributed by atoms with van der Waals surface area (Å²) in [7, 11) is 0. The molecule has 4 aromatic rings. The number of nitrogens with zero attached hydrogens (tertiary/aromatic N) is 4. The zero-order valence-corrected chi connectivity index (χ0v) is 23.9. The molecule has 0 aliphatic carbocycles. The van der Waals surface area contributed by atoms with Crippen LogP contribution in [0, 0.1) is 5.82 Å². The van der Waals surface area contributed by atoms with Crippen LogP contribution in [-0.4, -0.2) is 62.4 Å². The number of carboxylic acid groups (broad SMARTS) is 1. The molecule has 1 atom stereocenters. The van der Waals surface area contributed by atoms with Gasteiger partial charge in [-0.3, -0.25) is 4.90 Å². The fourth-order valence-electron chi connectivity index (χ4n) is 5.17. The molecule has 0 amide bonds. The number of imidazole rings is 1. The van der Waals surface area contributed by atoms with Gasteiger partial charge in [-0.05, 0) is 61.7 Å². The molecule has 9 nitrogen and oxygen atoms in total. The fraction of sp³-hybridized carbons (Fsp3) is 0.367. The second kappa shape index (κ2) is 12.1. The number of fused-ring (bicyclic) bond motifs is 1. The Morgan fingerprint density at radius 2 is 1.93 bits per heavy atom. The molecule has 0 radical (unpaired) electrons. The Hall–Kier alpha value is -3.54. The zero-order chi connectivity index (χ0) is 28.3. The second-order valence-corrected chi connectivity index (χ2v) is 11.3. The van der Waals surface area contributed by atoms with Crippen LogP contribution < -0.4 is 9.47 Å². The standard InChI is InChI=1S/C30H30BrFN4O5/c31-20-5-7-27(24(32)15-20)40-18-21-2-1-3-29(33-21)41-22-8-11-35(12-9-22)17-28-34-25-6-4-19(30(37)38)14-26(25)36(28)16-23-10-13-39-23/h1-7,14-15,22-23H,8-13,16-18H2,(H,37,38)/t23-/m0/s1. The highest BCUT2D eigenvalue weighted by Crippen LogP contribution is 2.26. The van der Waals surface area contributed by atoms with E-state index in [1.807, 2.05) is 18.2 Å². The lowest BCUT2D eigenvalue weighted by molar-refractivity contribution is -0.0592. The summed E-state index contributed by atoms with van der Waals surface area (Å²) in [5.74, 6) is 0.223. The number of hydrogen-bond donors (Lipinski definition) is 1. The van der Waals surface area contributed by atoms with E-state index in [-0.39, 0.29) is 30.1 Å². The first-order valence-corrected chi connectivity index (χ1v) is 14.5. The van der Waals surface area contributed by atoms with E-state index < -0.39 is 11.8 Å². The summed E-state index contributed by atoms with van der Waals surface area (Å²) in [6, 6.07) is 15.3. The van der Waals surface area contributed by atoms with Gasteiger partial charge in [-0.25, -0.2) is 19.2 Å². The van der Waals surface area contributed by atoms with Crippen molar-refractivity contribution in [2.24, 2.45) is 0 Å². The maximum Gasteiger partial charge on any atom is 0.335 e. The number of aromatic carboxylic acids is 1. The first-order valence-electron chi connectivity index (χ1n) is 13.7. The Morgan fingerprint density at radius 1 is 1.10 bits per heavy atom. The van der Waals surface area contributed by atoms with Crippen molar-refractivity contribution >= 4 is 32.9 Å². The van der Waals surface area contributed by atoms with Gasteiger partial charge in [0.1, 0.15) is 18.5 Å². The third-order valence-corrected chi connectivity index (χ3v) is 7.98. The van der Waals surface area contributed by atoms with Gasteiger partial charge in [-0.2, -0.15) is 0 Å². The second-order valence-electron chi connectivity index (χ2n) is 10.4. The van der Waals surface area contributed by atoms with Crippen molar-refractivity contribution in [1.29, 1.82) is 0 Å². The Bertz CT molecular complexity index is 1550. The summed E-state index contributed by atoms with van der Waals surface area (Å²) in [4.78, 5) is 23.3. The number of benzene rings is 2. The number of carboxylic acids is 1. The molecular formula is C30H30BrFN4O5. The van der Waals surface area contributed by atoms with Gasteiger partial charge >= 0.3 is 5.97 Å². The number of hydrogen-bond acceptors (Lipinski definition) is 7. The molecule has 0 bridgehead atoms. The number of piperidine rings is 1. The number of likely N-dealkylation sites (tertiary alicyclic amines) is 1. The van der Waals surface area contributed by atoms with E-state index in [1.54, 1.807) is 30.3 Å². The van der Waals surface area contributed by atoms with Crippen LogP contribution in [0.15, 0.2) is 59.1 Å². The topological polar surface area (TPSA) is 98.9 Å². The average molecular weight is 625 g/mol. The molecule has 2 aliphatic heterocycles. The van der Waals surface area contributed by atoms with Crippen LogP contribution in [0.3, 0.4) is 0 Å². The van der Waals surface area contributed by atoms with Crippen molar-refractivity contribution in [2.45, 2.75) is 51.2 Å². The van der Waals surface area contributed by atoms with E-state index in [2.05, 4.69) is 30.4 Å². The predicted octanol–water partition coefficient (Wildman–Crippen LogP) is 5.44. The largest absolute Gasteiger partial charge is 0.484 e. The lowest BCUT2D eigenvalue weighted by atomic mass is 10.1. The van der Waals surface area contributed by atoms with Gasteiger partial charge in [0.15, 0.2) is 11.6 Å². The molecular weight excluding hydrogens is 595 g/mol. The third-order valence-electron chi connectivity index (χ3n) is 7.49. The molecule has 11 heteroatoms. The number of aromatic nitrogens is 3. The number of halogens is 2. The minimum atomic E-state index is -0.950. The lowest BCUT2D eigenvalue weighted by Gasteiger charge is -2.32. The van der Waals surface area contributed by atoms with Gasteiger partial charge < -0.3 is 23.9 Å². The molecule has 1 N–H and O–H groups in total. The SMILES string of the molecule is O=C(O)c1ccc2nc(CN3CCC(Oc4cccc(COc5ccc(Br)cc5F)n4)CC3)n(C[C@@H]3CCO3)c2c1. The zero-order valence-electron chi connectivity index (χ0n) is 22.3. The minimum absolute atomic E-state index is 0.0270. The van der Waals surface area contributed by atoms with E-state index in [0.29, 0.717) is 29.1 Å². The Balaban J connectivity index is 1.06. The van der Waals surface area contributed by atoms with Crippen LogP contribution in [0.25, 0.3) is 11.0 Å². The third kappa shape index (κ3) is 6.52. The summed E-state index contributed by atoms with van der Waals surface area (Å²) in [6.07, 6.45) is 2.81. The van der Waals surface area contributed by atoms with Crippen molar-refractivity contribution in [3.05, 3.63) is 82.0 Å². The monoisotopic (exact) mass is 624 g/mol. The number of pyridine rings is 1. The van der Waals surface area contributed by atoms with Gasteiger partial charge in [-0.15, -0.1) is 0 Å². The minimum Gasteiger partial charge on any atom is -0.484 e. The first-order chi connectivity index (χ1) is 19.9. The molecule has 0 saturated carbocycles. The molecule has 2 aromatic heterocycles. The summed E-state index contributed by atoms with van der Waals surface area (Å²) in [5, 5.41) is 9.48. The smallest absolute Gasteiger partial charge is 0.335 e. The van der Waals surface area contributed by atoms with Gasteiger partial charge in [-0.1, -0.05) is 22.0 Å². The molecule has 41 heavy (non-hydrogen) atoms. The highest BCUT2D eigenvalue weighted by molar-refractivity contribution is 9.10. The van der Waals surface area contributed by atoms with Crippen LogP contribution in [0.1, 0.15) is 41.1 Å². The lowest BCUT2D eigenvalue weighted by Crippen LogP contribution is -2.39. The molecule has 6 rings (SSSR count). The molecule has 2 aliphatic rings. The summed E-state index contributed by atoms with van der Waals surface area (Å²) in [6.45, 7) is 3.88. The van der Waals surface area contributed by atoms with Crippen LogP contribution >= 0.6 is 15.9 Å². The highest BCUT2D eigenvalue weighted by Gasteiger charge is 2.26. The summed E-state index contributed by atoms with van der Waals surface area (Å²) < 4.78 is 34.3. The molecule has 2 fully saturated rings. The quantitative estimate of drug-likeness (QED) is 0.249. The maximum atomic E-state index is 14.1. The fourth-order valence-corrected chi connectivity index (χ4v) is 5.50. The molecule has 0 spiro atoms. The van der Waals surface area contributed by atoms with E-state index in [1.165, 1.54) is 6.07 Å². The van der Waals surface area contributed by atoms with Crippen LogP contribution in [-0.2, 0) is 24.4 Å². The van der Waals surface area contributed by atoms with Crippen molar-refractivity contribution < 1.29 is 28.5 Å². The molecule has 2 aromatic carbocycles. The van der Waals surface area contributed by atoms with Gasteiger partial charge in [0.25, 0.3) is 0 Å². The van der Waals surface area contributed by atoms with E-state index in [0.717, 1.165) is 55.8 Å². The molecule has 214 valence electrons. The van der Waals surface area contributed by atoms with E-state index >= 15 is 0 Å². The molecule has 0 unspecified atom stereocenters. The normalized spacial score (nSPS) is 17.9. The molecule has 4 heterocycles.